The van der Waals surface area contributed by atoms with E-state index in [1.54, 1.807) is 31.5 Å². The second kappa shape index (κ2) is 4.56. The molecule has 1 amide bonds. The van der Waals surface area contributed by atoms with Gasteiger partial charge in [-0.2, -0.15) is 5.26 Å². The SMILES string of the molecule is CCC(C)(C#N)NC(=O)c1ccncc1. The molecule has 1 atom stereocenters. The molecule has 0 bridgehead atoms. The Morgan fingerprint density at radius 2 is 2.20 bits per heavy atom. The molecule has 0 aliphatic heterocycles. The Bertz CT molecular complexity index is 383. The van der Waals surface area contributed by atoms with Gasteiger partial charge in [-0.3, -0.25) is 9.78 Å². The van der Waals surface area contributed by atoms with Crippen LogP contribution in [0.25, 0.3) is 0 Å². The molecule has 0 spiro atoms. The van der Waals surface area contributed by atoms with Crippen molar-refractivity contribution in [3.63, 3.8) is 0 Å². The highest BCUT2D eigenvalue weighted by Gasteiger charge is 2.23. The third kappa shape index (κ3) is 2.78. The van der Waals surface area contributed by atoms with E-state index in [1.807, 2.05) is 6.92 Å². The Morgan fingerprint density at radius 3 is 2.67 bits per heavy atom. The second-order valence-electron chi connectivity index (χ2n) is 3.49. The molecule has 1 aromatic rings. The molecule has 0 aliphatic rings. The number of hydrogen-bond acceptors (Lipinski definition) is 3. The van der Waals surface area contributed by atoms with Crippen LogP contribution in [-0.4, -0.2) is 16.4 Å². The van der Waals surface area contributed by atoms with Gasteiger partial charge < -0.3 is 5.32 Å². The summed E-state index contributed by atoms with van der Waals surface area (Å²) in [6, 6.07) is 5.31. The number of hydrogen-bond donors (Lipinski definition) is 1. The minimum atomic E-state index is -0.805. The summed E-state index contributed by atoms with van der Waals surface area (Å²) in [5.41, 5.74) is -0.291. The third-order valence-corrected chi connectivity index (χ3v) is 2.29. The number of nitrogens with zero attached hydrogens (tertiary/aromatic N) is 2. The molecular formula is C11H13N3O. The molecule has 4 nitrogen and oxygen atoms in total. The van der Waals surface area contributed by atoms with E-state index in [0.29, 0.717) is 12.0 Å². The maximum Gasteiger partial charge on any atom is 0.252 e. The van der Waals surface area contributed by atoms with E-state index in [2.05, 4.69) is 16.4 Å². The lowest BCUT2D eigenvalue weighted by Crippen LogP contribution is -2.44. The van der Waals surface area contributed by atoms with Crippen molar-refractivity contribution in [3.8, 4) is 6.07 Å². The zero-order chi connectivity index (χ0) is 11.3. The fraction of sp³-hybridized carbons (Fsp3) is 0.364. The van der Waals surface area contributed by atoms with Crippen molar-refractivity contribution in [2.24, 2.45) is 0 Å². The molecule has 0 fully saturated rings. The number of aromatic nitrogens is 1. The average Bonchev–Trinajstić information content (AvgIpc) is 2.30. The lowest BCUT2D eigenvalue weighted by atomic mass is 10.0. The molecule has 0 saturated heterocycles. The molecule has 0 aliphatic carbocycles. The van der Waals surface area contributed by atoms with Crippen molar-refractivity contribution in [1.82, 2.24) is 10.3 Å². The first kappa shape index (κ1) is 11.2. The van der Waals surface area contributed by atoms with Gasteiger partial charge in [0.1, 0.15) is 5.54 Å². The van der Waals surface area contributed by atoms with Gasteiger partial charge in [0.2, 0.25) is 0 Å². The number of pyridine rings is 1. The molecule has 4 heteroatoms. The monoisotopic (exact) mass is 203 g/mol. The molecule has 1 rings (SSSR count). The Labute approximate surface area is 88.9 Å². The van der Waals surface area contributed by atoms with Crippen LogP contribution in [0, 0.1) is 11.3 Å². The smallest absolute Gasteiger partial charge is 0.252 e. The average molecular weight is 203 g/mol. The zero-order valence-corrected chi connectivity index (χ0v) is 8.82. The van der Waals surface area contributed by atoms with Crippen molar-refractivity contribution in [2.75, 3.05) is 0 Å². The zero-order valence-electron chi connectivity index (χ0n) is 8.82. The normalized spacial score (nSPS) is 13.7. The molecule has 0 saturated carbocycles. The van der Waals surface area contributed by atoms with Crippen LogP contribution >= 0.6 is 0 Å². The number of nitriles is 1. The van der Waals surface area contributed by atoms with E-state index in [4.69, 9.17) is 5.26 Å². The maximum absolute atomic E-state index is 11.7. The van der Waals surface area contributed by atoms with Crippen LogP contribution in [-0.2, 0) is 0 Å². The van der Waals surface area contributed by atoms with E-state index in [9.17, 15) is 4.79 Å². The summed E-state index contributed by atoms with van der Waals surface area (Å²) in [4.78, 5) is 15.5. The van der Waals surface area contributed by atoms with Crippen LogP contribution < -0.4 is 5.32 Å². The van der Waals surface area contributed by atoms with Gasteiger partial charge in [-0.05, 0) is 25.5 Å². The first-order valence-corrected chi connectivity index (χ1v) is 4.75. The summed E-state index contributed by atoms with van der Waals surface area (Å²) < 4.78 is 0. The first-order chi connectivity index (χ1) is 7.11. The maximum atomic E-state index is 11.7. The summed E-state index contributed by atoms with van der Waals surface area (Å²) in [5.74, 6) is -0.247. The van der Waals surface area contributed by atoms with Crippen molar-refractivity contribution < 1.29 is 4.79 Å². The largest absolute Gasteiger partial charge is 0.334 e. The first-order valence-electron chi connectivity index (χ1n) is 4.75. The predicted molar refractivity (Wildman–Crippen MR) is 56.0 cm³/mol. The Morgan fingerprint density at radius 1 is 1.60 bits per heavy atom. The van der Waals surface area contributed by atoms with Gasteiger partial charge in [-0.25, -0.2) is 0 Å². The van der Waals surface area contributed by atoms with Crippen molar-refractivity contribution >= 4 is 5.91 Å². The fourth-order valence-corrected chi connectivity index (χ4v) is 1.02. The molecule has 0 aromatic carbocycles. The number of carbonyl (C=O) groups is 1. The number of carbonyl (C=O) groups excluding carboxylic acids is 1. The standard InChI is InChI=1S/C11H13N3O/c1-3-11(2,8-12)14-10(15)9-4-6-13-7-5-9/h4-7H,3H2,1-2H3,(H,14,15). The van der Waals surface area contributed by atoms with Crippen molar-refractivity contribution in [2.45, 2.75) is 25.8 Å². The van der Waals surface area contributed by atoms with Gasteiger partial charge in [-0.1, -0.05) is 6.92 Å². The lowest BCUT2D eigenvalue weighted by molar-refractivity contribution is 0.0923. The van der Waals surface area contributed by atoms with Crippen LogP contribution in [0.1, 0.15) is 30.6 Å². The van der Waals surface area contributed by atoms with E-state index >= 15 is 0 Å². The molecule has 78 valence electrons. The molecule has 1 heterocycles. The van der Waals surface area contributed by atoms with E-state index in [0.717, 1.165) is 0 Å². The minimum absolute atomic E-state index is 0.247. The summed E-state index contributed by atoms with van der Waals surface area (Å²) in [7, 11) is 0. The van der Waals surface area contributed by atoms with Crippen LogP contribution in [0.15, 0.2) is 24.5 Å². The highest BCUT2D eigenvalue weighted by molar-refractivity contribution is 5.94. The fourth-order valence-electron chi connectivity index (χ4n) is 1.02. The highest BCUT2D eigenvalue weighted by Crippen LogP contribution is 2.08. The number of amides is 1. The molecule has 1 aromatic heterocycles. The summed E-state index contributed by atoms with van der Waals surface area (Å²) in [6.07, 6.45) is 3.66. The van der Waals surface area contributed by atoms with Gasteiger partial charge in [0.25, 0.3) is 5.91 Å². The molecular weight excluding hydrogens is 190 g/mol. The lowest BCUT2D eigenvalue weighted by Gasteiger charge is -2.21. The topological polar surface area (TPSA) is 65.8 Å². The molecule has 1 N–H and O–H groups in total. The van der Waals surface area contributed by atoms with Gasteiger partial charge >= 0.3 is 0 Å². The second-order valence-corrected chi connectivity index (χ2v) is 3.49. The number of rotatable bonds is 3. The van der Waals surface area contributed by atoms with Crippen molar-refractivity contribution in [1.29, 1.82) is 5.26 Å². The van der Waals surface area contributed by atoms with E-state index in [-0.39, 0.29) is 5.91 Å². The Kier molecular flexibility index (Phi) is 3.40. The van der Waals surface area contributed by atoms with Gasteiger partial charge in [0.05, 0.1) is 6.07 Å². The van der Waals surface area contributed by atoms with Gasteiger partial charge in [-0.15, -0.1) is 0 Å². The van der Waals surface area contributed by atoms with Gasteiger partial charge in [0, 0.05) is 18.0 Å². The van der Waals surface area contributed by atoms with Gasteiger partial charge in [0.15, 0.2) is 0 Å². The van der Waals surface area contributed by atoms with E-state index in [1.165, 1.54) is 0 Å². The molecule has 0 radical (unpaired) electrons. The Balaban J connectivity index is 2.77. The van der Waals surface area contributed by atoms with Crippen LogP contribution in [0.3, 0.4) is 0 Å². The quantitative estimate of drug-likeness (QED) is 0.809. The summed E-state index contributed by atoms with van der Waals surface area (Å²) in [5, 5.41) is 11.6. The molecule has 1 unspecified atom stereocenters. The van der Waals surface area contributed by atoms with E-state index < -0.39 is 5.54 Å². The van der Waals surface area contributed by atoms with Crippen LogP contribution in [0.2, 0.25) is 0 Å². The number of nitrogens with one attached hydrogen (secondary N) is 1. The van der Waals surface area contributed by atoms with Crippen LogP contribution in [0.4, 0.5) is 0 Å². The Hall–Kier alpha value is -1.89. The summed E-state index contributed by atoms with van der Waals surface area (Å²) in [6.45, 7) is 3.56. The van der Waals surface area contributed by atoms with Crippen LogP contribution in [0.5, 0.6) is 0 Å². The highest BCUT2D eigenvalue weighted by atomic mass is 16.1. The molecule has 15 heavy (non-hydrogen) atoms. The predicted octanol–water partition coefficient (Wildman–Crippen LogP) is 1.50. The third-order valence-electron chi connectivity index (χ3n) is 2.29. The minimum Gasteiger partial charge on any atom is -0.334 e. The summed E-state index contributed by atoms with van der Waals surface area (Å²) >= 11 is 0. The van der Waals surface area contributed by atoms with Crippen molar-refractivity contribution in [3.05, 3.63) is 30.1 Å².